The van der Waals surface area contributed by atoms with Gasteiger partial charge in [-0.3, -0.25) is 14.4 Å². The minimum atomic E-state index is -4.53. The van der Waals surface area contributed by atoms with Crippen LogP contribution >= 0.6 is 0 Å². The van der Waals surface area contributed by atoms with Crippen LogP contribution in [0.25, 0.3) is 0 Å². The summed E-state index contributed by atoms with van der Waals surface area (Å²) in [7, 11) is 0. The first-order chi connectivity index (χ1) is 13.1. The quantitative estimate of drug-likeness (QED) is 0.592. The Hall–Kier alpha value is -3.16. The zero-order chi connectivity index (χ0) is 20.5. The number of anilines is 2. The van der Waals surface area contributed by atoms with Gasteiger partial charge in [-0.15, -0.1) is 0 Å². The van der Waals surface area contributed by atoms with E-state index in [0.717, 1.165) is 12.1 Å². The Morgan fingerprint density at radius 1 is 0.893 bits per heavy atom. The predicted molar refractivity (Wildman–Crippen MR) is 96.8 cm³/mol. The van der Waals surface area contributed by atoms with Gasteiger partial charge in [0.1, 0.15) is 5.41 Å². The zero-order valence-electron chi connectivity index (χ0n) is 14.9. The molecular weight excluding hydrogens is 373 g/mol. The number of ketones is 1. The standard InChI is InChI=1S/C20H17F3N2O3/c1-12(26)13-5-7-15(8-6-13)24-17(27)19(9-10-19)18(28)25-16-4-2-3-14(11-16)20(21,22)23/h2-8,11H,9-10H2,1H3,(H,24,27)(H,25,28). The summed E-state index contributed by atoms with van der Waals surface area (Å²) in [6, 6.07) is 10.5. The van der Waals surface area contributed by atoms with Crippen molar-refractivity contribution in [2.45, 2.75) is 25.9 Å². The van der Waals surface area contributed by atoms with Gasteiger partial charge in [0.2, 0.25) is 11.8 Å². The third-order valence-corrected chi connectivity index (χ3v) is 4.62. The van der Waals surface area contributed by atoms with Gasteiger partial charge in [-0.25, -0.2) is 0 Å². The van der Waals surface area contributed by atoms with E-state index in [0.29, 0.717) is 24.1 Å². The van der Waals surface area contributed by atoms with Crippen LogP contribution in [-0.2, 0) is 15.8 Å². The minimum absolute atomic E-state index is 0.0234. The third kappa shape index (κ3) is 4.05. The Morgan fingerprint density at radius 2 is 1.46 bits per heavy atom. The van der Waals surface area contributed by atoms with Crippen LogP contribution in [0.15, 0.2) is 48.5 Å². The highest BCUT2D eigenvalue weighted by molar-refractivity contribution is 6.17. The lowest BCUT2D eigenvalue weighted by molar-refractivity contribution is -0.137. The van der Waals surface area contributed by atoms with Crippen LogP contribution in [0.1, 0.15) is 35.7 Å². The Morgan fingerprint density at radius 3 is 1.96 bits per heavy atom. The van der Waals surface area contributed by atoms with Crippen LogP contribution in [0, 0.1) is 5.41 Å². The fraction of sp³-hybridized carbons (Fsp3) is 0.250. The van der Waals surface area contributed by atoms with Crippen molar-refractivity contribution in [3.8, 4) is 0 Å². The van der Waals surface area contributed by atoms with Crippen LogP contribution in [0.5, 0.6) is 0 Å². The van der Waals surface area contributed by atoms with Gasteiger partial charge in [0, 0.05) is 16.9 Å². The zero-order valence-corrected chi connectivity index (χ0v) is 14.9. The van der Waals surface area contributed by atoms with Crippen molar-refractivity contribution < 1.29 is 27.6 Å². The highest BCUT2D eigenvalue weighted by Crippen LogP contribution is 2.47. The SMILES string of the molecule is CC(=O)c1ccc(NC(=O)C2(C(=O)Nc3cccc(C(F)(F)F)c3)CC2)cc1. The van der Waals surface area contributed by atoms with Gasteiger partial charge in [-0.2, -0.15) is 13.2 Å². The second kappa shape index (κ2) is 7.10. The lowest BCUT2D eigenvalue weighted by atomic mass is 10.0. The van der Waals surface area contributed by atoms with E-state index in [2.05, 4.69) is 10.6 Å². The Kier molecular flexibility index (Phi) is 4.97. The normalized spacial score (nSPS) is 14.9. The van der Waals surface area contributed by atoms with Crippen molar-refractivity contribution in [2.75, 3.05) is 10.6 Å². The number of carbonyl (C=O) groups is 3. The van der Waals surface area contributed by atoms with Crippen molar-refractivity contribution in [2.24, 2.45) is 5.41 Å². The van der Waals surface area contributed by atoms with Crippen LogP contribution in [-0.4, -0.2) is 17.6 Å². The third-order valence-electron chi connectivity index (χ3n) is 4.62. The summed E-state index contributed by atoms with van der Waals surface area (Å²) in [5.41, 5.74) is -1.31. The van der Waals surface area contributed by atoms with Crippen molar-refractivity contribution in [1.29, 1.82) is 0 Å². The van der Waals surface area contributed by atoms with Crippen LogP contribution in [0.4, 0.5) is 24.5 Å². The molecule has 28 heavy (non-hydrogen) atoms. The largest absolute Gasteiger partial charge is 0.416 e. The molecule has 0 heterocycles. The van der Waals surface area contributed by atoms with E-state index in [1.54, 1.807) is 24.3 Å². The monoisotopic (exact) mass is 390 g/mol. The first-order valence-electron chi connectivity index (χ1n) is 8.53. The lowest BCUT2D eigenvalue weighted by Crippen LogP contribution is -2.35. The van der Waals surface area contributed by atoms with Crippen molar-refractivity contribution in [1.82, 2.24) is 0 Å². The molecule has 8 heteroatoms. The predicted octanol–water partition coefficient (Wildman–Crippen LogP) is 4.27. The number of halogens is 3. The number of hydrogen-bond acceptors (Lipinski definition) is 3. The molecule has 5 nitrogen and oxygen atoms in total. The number of alkyl halides is 3. The average Bonchev–Trinajstić information content (AvgIpc) is 3.44. The molecule has 2 N–H and O–H groups in total. The highest BCUT2D eigenvalue weighted by atomic mass is 19.4. The Bertz CT molecular complexity index is 932. The van der Waals surface area contributed by atoms with E-state index in [1.807, 2.05) is 0 Å². The summed E-state index contributed by atoms with van der Waals surface area (Å²) in [6.45, 7) is 1.42. The molecule has 2 aromatic carbocycles. The van der Waals surface area contributed by atoms with Gasteiger partial charge in [0.15, 0.2) is 5.78 Å². The van der Waals surface area contributed by atoms with Crippen molar-refractivity contribution >= 4 is 29.0 Å². The molecule has 0 saturated heterocycles. The number of Topliss-reactive ketones (excluding diaryl/α,β-unsaturated/α-hetero) is 1. The van der Waals surface area contributed by atoms with Gasteiger partial charge in [-0.1, -0.05) is 6.07 Å². The number of rotatable bonds is 5. The van der Waals surface area contributed by atoms with Gasteiger partial charge < -0.3 is 10.6 Å². The van der Waals surface area contributed by atoms with E-state index < -0.39 is 29.0 Å². The molecule has 2 amide bonds. The van der Waals surface area contributed by atoms with E-state index in [4.69, 9.17) is 0 Å². The fourth-order valence-corrected chi connectivity index (χ4v) is 2.75. The Balaban J connectivity index is 1.69. The maximum Gasteiger partial charge on any atom is 0.416 e. The molecule has 146 valence electrons. The van der Waals surface area contributed by atoms with Crippen LogP contribution in [0.2, 0.25) is 0 Å². The number of amides is 2. The second-order valence-corrected chi connectivity index (χ2v) is 6.70. The van der Waals surface area contributed by atoms with E-state index >= 15 is 0 Å². The Labute approximate surface area is 158 Å². The molecule has 0 spiro atoms. The molecule has 0 radical (unpaired) electrons. The maximum atomic E-state index is 12.8. The lowest BCUT2D eigenvalue weighted by Gasteiger charge is -2.16. The fourth-order valence-electron chi connectivity index (χ4n) is 2.75. The minimum Gasteiger partial charge on any atom is -0.325 e. The number of hydrogen-bond donors (Lipinski definition) is 2. The number of carbonyl (C=O) groups excluding carboxylic acids is 3. The average molecular weight is 390 g/mol. The number of nitrogens with one attached hydrogen (secondary N) is 2. The molecule has 0 unspecified atom stereocenters. The molecule has 0 atom stereocenters. The molecule has 3 rings (SSSR count). The van der Waals surface area contributed by atoms with Gasteiger partial charge in [0.05, 0.1) is 5.56 Å². The van der Waals surface area contributed by atoms with Gasteiger partial charge in [-0.05, 0) is 62.2 Å². The maximum absolute atomic E-state index is 12.8. The summed E-state index contributed by atoms with van der Waals surface area (Å²) in [6.07, 6.45) is -3.92. The van der Waals surface area contributed by atoms with Crippen LogP contribution in [0.3, 0.4) is 0 Å². The molecule has 2 aromatic rings. The van der Waals surface area contributed by atoms with Crippen molar-refractivity contribution in [3.05, 3.63) is 59.7 Å². The molecule has 0 aliphatic heterocycles. The van der Waals surface area contributed by atoms with Gasteiger partial charge in [0.25, 0.3) is 0 Å². The molecule has 0 aromatic heterocycles. The van der Waals surface area contributed by atoms with E-state index in [-0.39, 0.29) is 11.5 Å². The summed E-state index contributed by atoms with van der Waals surface area (Å²) < 4.78 is 38.4. The summed E-state index contributed by atoms with van der Waals surface area (Å²) in [5, 5.41) is 5.03. The first-order valence-corrected chi connectivity index (χ1v) is 8.53. The molecular formula is C20H17F3N2O3. The summed E-state index contributed by atoms with van der Waals surface area (Å²) >= 11 is 0. The highest BCUT2D eigenvalue weighted by Gasteiger charge is 2.56. The molecule has 0 bridgehead atoms. The summed E-state index contributed by atoms with van der Waals surface area (Å²) in [5.74, 6) is -1.30. The van der Waals surface area contributed by atoms with Crippen LogP contribution < -0.4 is 10.6 Å². The van der Waals surface area contributed by atoms with E-state index in [1.165, 1.54) is 19.1 Å². The molecule has 1 aliphatic carbocycles. The van der Waals surface area contributed by atoms with Gasteiger partial charge >= 0.3 is 6.18 Å². The first kappa shape index (κ1) is 19.6. The molecule has 1 aliphatic rings. The van der Waals surface area contributed by atoms with Crippen molar-refractivity contribution in [3.63, 3.8) is 0 Å². The van der Waals surface area contributed by atoms with E-state index in [9.17, 15) is 27.6 Å². The molecule has 1 fully saturated rings. The smallest absolute Gasteiger partial charge is 0.325 e. The number of benzene rings is 2. The molecule has 1 saturated carbocycles. The second-order valence-electron chi connectivity index (χ2n) is 6.70. The topological polar surface area (TPSA) is 75.3 Å². The summed E-state index contributed by atoms with van der Waals surface area (Å²) in [4.78, 5) is 36.4.